The Morgan fingerprint density at radius 2 is 2.33 bits per heavy atom. The van der Waals surface area contributed by atoms with Crippen molar-refractivity contribution in [2.75, 3.05) is 20.2 Å². The normalized spacial score (nSPS) is 39.1. The minimum absolute atomic E-state index is 0.0787. The molecular formula is C20H25NO3. The fourth-order valence-electron chi connectivity index (χ4n) is 6.16. The summed E-state index contributed by atoms with van der Waals surface area (Å²) >= 11 is 0. The molecule has 4 nitrogen and oxygen atoms in total. The van der Waals surface area contributed by atoms with Crippen molar-refractivity contribution < 1.29 is 14.6 Å². The van der Waals surface area contributed by atoms with Crippen molar-refractivity contribution in [1.82, 2.24) is 4.90 Å². The van der Waals surface area contributed by atoms with E-state index >= 15 is 0 Å². The van der Waals surface area contributed by atoms with Crippen molar-refractivity contribution in [2.45, 2.75) is 55.3 Å². The largest absolute Gasteiger partial charge is 0.493 e. The summed E-state index contributed by atoms with van der Waals surface area (Å²) in [5.41, 5.74) is 1.62. The van der Waals surface area contributed by atoms with E-state index in [9.17, 15) is 5.11 Å². The van der Waals surface area contributed by atoms with Crippen LogP contribution in [0, 0.1) is 0 Å². The number of ether oxygens (including phenoxy) is 2. The van der Waals surface area contributed by atoms with Gasteiger partial charge in [0.25, 0.3) is 0 Å². The van der Waals surface area contributed by atoms with Gasteiger partial charge in [-0.3, -0.25) is 4.90 Å². The van der Waals surface area contributed by atoms with E-state index in [0.717, 1.165) is 56.7 Å². The molecule has 4 atom stereocenters. The van der Waals surface area contributed by atoms with E-state index in [2.05, 4.69) is 17.5 Å². The highest BCUT2D eigenvalue weighted by molar-refractivity contribution is 5.62. The van der Waals surface area contributed by atoms with Crippen LogP contribution in [-0.2, 0) is 11.8 Å². The summed E-state index contributed by atoms with van der Waals surface area (Å²) in [5.74, 6) is 1.71. The molecule has 2 fully saturated rings. The van der Waals surface area contributed by atoms with Crippen molar-refractivity contribution in [1.29, 1.82) is 0 Å². The number of likely N-dealkylation sites (tertiary alicyclic amines) is 1. The molecule has 0 amide bonds. The van der Waals surface area contributed by atoms with Crippen LogP contribution in [0.3, 0.4) is 0 Å². The topological polar surface area (TPSA) is 41.9 Å². The van der Waals surface area contributed by atoms with Crippen LogP contribution in [0.5, 0.6) is 11.5 Å². The van der Waals surface area contributed by atoms with Gasteiger partial charge in [0.1, 0.15) is 6.10 Å². The van der Waals surface area contributed by atoms with E-state index in [1.165, 1.54) is 11.1 Å². The molecule has 1 spiro atoms. The molecular weight excluding hydrogens is 302 g/mol. The Morgan fingerprint density at radius 1 is 1.46 bits per heavy atom. The summed E-state index contributed by atoms with van der Waals surface area (Å²) in [7, 11) is 1.70. The molecule has 1 aromatic rings. The zero-order chi connectivity index (χ0) is 16.5. The Balaban J connectivity index is 1.76. The number of rotatable bonds is 3. The average Bonchev–Trinajstić information content (AvgIpc) is 2.91. The average molecular weight is 327 g/mol. The lowest BCUT2D eigenvalue weighted by Gasteiger charge is -2.63. The van der Waals surface area contributed by atoms with Crippen molar-refractivity contribution in [2.24, 2.45) is 0 Å². The molecule has 4 aliphatic rings. The van der Waals surface area contributed by atoms with Gasteiger partial charge >= 0.3 is 0 Å². The number of hydrogen-bond acceptors (Lipinski definition) is 4. The third-order valence-corrected chi connectivity index (χ3v) is 7.04. The van der Waals surface area contributed by atoms with Gasteiger partial charge < -0.3 is 14.6 Å². The first kappa shape index (κ1) is 14.8. The molecule has 2 aliphatic carbocycles. The van der Waals surface area contributed by atoms with Crippen LogP contribution in [-0.4, -0.2) is 48.0 Å². The van der Waals surface area contributed by atoms with E-state index in [4.69, 9.17) is 9.47 Å². The van der Waals surface area contributed by atoms with Crippen molar-refractivity contribution in [3.63, 3.8) is 0 Å². The molecule has 1 saturated carbocycles. The molecule has 2 heterocycles. The Bertz CT molecular complexity index is 717. The Morgan fingerprint density at radius 3 is 3.12 bits per heavy atom. The minimum atomic E-state index is -0.707. The van der Waals surface area contributed by atoms with Crippen LogP contribution in [0.4, 0.5) is 0 Å². The van der Waals surface area contributed by atoms with Gasteiger partial charge in [0, 0.05) is 18.2 Å². The van der Waals surface area contributed by atoms with E-state index in [1.807, 2.05) is 12.1 Å². The lowest BCUT2D eigenvalue weighted by molar-refractivity contribution is -0.183. The second kappa shape index (κ2) is 4.77. The highest BCUT2D eigenvalue weighted by Crippen LogP contribution is 2.65. The molecule has 2 bridgehead atoms. The minimum Gasteiger partial charge on any atom is -0.493 e. The zero-order valence-corrected chi connectivity index (χ0v) is 14.3. The van der Waals surface area contributed by atoms with Crippen LogP contribution in [0.25, 0.3) is 0 Å². The van der Waals surface area contributed by atoms with Gasteiger partial charge in [0.05, 0.1) is 18.1 Å². The van der Waals surface area contributed by atoms with Gasteiger partial charge in [0.15, 0.2) is 11.5 Å². The van der Waals surface area contributed by atoms with Crippen LogP contribution in [0.15, 0.2) is 24.8 Å². The molecule has 0 radical (unpaired) electrons. The highest BCUT2D eigenvalue weighted by Gasteiger charge is 2.70. The number of hydrogen-bond donors (Lipinski definition) is 1. The molecule has 24 heavy (non-hydrogen) atoms. The van der Waals surface area contributed by atoms with Gasteiger partial charge in [-0.1, -0.05) is 12.1 Å². The van der Waals surface area contributed by atoms with Crippen LogP contribution >= 0.6 is 0 Å². The summed E-state index contributed by atoms with van der Waals surface area (Å²) in [6, 6.07) is 4.37. The number of aliphatic hydroxyl groups is 1. The first-order valence-corrected chi connectivity index (χ1v) is 9.10. The first-order chi connectivity index (χ1) is 11.7. The fraction of sp³-hybridized carbons (Fsp3) is 0.600. The molecule has 128 valence electrons. The van der Waals surface area contributed by atoms with Gasteiger partial charge in [-0.2, -0.15) is 0 Å². The second-order valence-electron chi connectivity index (χ2n) is 7.78. The van der Waals surface area contributed by atoms with Gasteiger partial charge in [0.2, 0.25) is 0 Å². The van der Waals surface area contributed by atoms with Crippen LogP contribution in [0.2, 0.25) is 0 Å². The van der Waals surface area contributed by atoms with E-state index in [0.29, 0.717) is 0 Å². The number of benzene rings is 1. The summed E-state index contributed by atoms with van der Waals surface area (Å²) in [4.78, 5) is 2.42. The maximum absolute atomic E-state index is 12.0. The smallest absolute Gasteiger partial charge is 0.165 e. The molecule has 1 unspecified atom stereocenters. The summed E-state index contributed by atoms with van der Waals surface area (Å²) < 4.78 is 12.0. The standard InChI is InChI=1S/C20H25NO3/c1-3-10-21-11-9-19-16-5-4-8-20(19,22)15(21)12-13-6-7-14(23-2)18(24-16)17(13)19/h3,6-7,15-16,22H,1,4-5,8-12H2,2H3/t15-,16+,19?,20-/m0/s1. The molecule has 2 aliphatic heterocycles. The Hall–Kier alpha value is -1.52. The van der Waals surface area contributed by atoms with E-state index < -0.39 is 5.60 Å². The lowest BCUT2D eigenvalue weighted by atomic mass is 9.49. The summed E-state index contributed by atoms with van der Waals surface area (Å²) in [6.45, 7) is 5.75. The lowest BCUT2D eigenvalue weighted by Crippen LogP contribution is -2.75. The summed E-state index contributed by atoms with van der Waals surface area (Å²) in [5, 5.41) is 12.0. The third-order valence-electron chi connectivity index (χ3n) is 7.04. The van der Waals surface area contributed by atoms with Crippen LogP contribution < -0.4 is 9.47 Å². The van der Waals surface area contributed by atoms with Crippen LogP contribution in [0.1, 0.15) is 36.8 Å². The quantitative estimate of drug-likeness (QED) is 0.866. The van der Waals surface area contributed by atoms with E-state index in [1.54, 1.807) is 7.11 Å². The first-order valence-electron chi connectivity index (χ1n) is 9.10. The predicted molar refractivity (Wildman–Crippen MR) is 91.8 cm³/mol. The zero-order valence-electron chi connectivity index (χ0n) is 14.3. The predicted octanol–water partition coefficient (Wildman–Crippen LogP) is 2.43. The Kier molecular flexibility index (Phi) is 2.94. The van der Waals surface area contributed by atoms with Gasteiger partial charge in [-0.05, 0) is 50.3 Å². The van der Waals surface area contributed by atoms with Crippen molar-refractivity contribution >= 4 is 0 Å². The monoisotopic (exact) mass is 327 g/mol. The molecule has 5 rings (SSSR count). The molecule has 1 N–H and O–H groups in total. The molecule has 1 aromatic carbocycles. The number of nitrogens with zero attached hydrogens (tertiary/aromatic N) is 1. The van der Waals surface area contributed by atoms with Gasteiger partial charge in [-0.25, -0.2) is 0 Å². The maximum Gasteiger partial charge on any atom is 0.165 e. The third kappa shape index (κ3) is 1.48. The number of methoxy groups -OCH3 is 1. The highest BCUT2D eigenvalue weighted by atomic mass is 16.5. The van der Waals surface area contributed by atoms with Crippen molar-refractivity contribution in [3.05, 3.63) is 35.9 Å². The Labute approximate surface area is 143 Å². The number of piperidine rings is 1. The molecule has 4 heteroatoms. The molecule has 1 saturated heterocycles. The maximum atomic E-state index is 12.0. The SMILES string of the molecule is C=CCN1CCC23c4c5ccc(OC)c4O[C@@H]2CCC[C@]3(O)[C@@H]1C5. The van der Waals surface area contributed by atoms with Gasteiger partial charge in [-0.15, -0.1) is 6.58 Å². The van der Waals surface area contributed by atoms with Crippen molar-refractivity contribution in [3.8, 4) is 11.5 Å². The summed E-state index contributed by atoms with van der Waals surface area (Å²) in [6.07, 6.45) is 6.78. The fourth-order valence-corrected chi connectivity index (χ4v) is 6.16. The van der Waals surface area contributed by atoms with E-state index in [-0.39, 0.29) is 17.6 Å². The second-order valence-corrected chi connectivity index (χ2v) is 7.78. The molecule has 0 aromatic heterocycles.